The Morgan fingerprint density at radius 3 is 2.04 bits per heavy atom. The van der Waals surface area contributed by atoms with Gasteiger partial charge in [0, 0.05) is 36.3 Å². The largest absolute Gasteiger partial charge is 0.329 e. The molecule has 0 amide bonds. The fraction of sp³-hybridized carbons (Fsp3) is 0.118. The standard InChI is InChI=1S/C17H17N3O4S3/c1-20-12-11-18-17(20)25-14-5-3-13(4-6-14)19-27(23,24)16-9-7-15(8-10-16)26(2,21)22/h3-12,19H,1-2H3. The fourth-order valence-electron chi connectivity index (χ4n) is 2.23. The Labute approximate surface area is 162 Å². The summed E-state index contributed by atoms with van der Waals surface area (Å²) in [7, 11) is -5.30. The molecule has 27 heavy (non-hydrogen) atoms. The number of sulfone groups is 1. The van der Waals surface area contributed by atoms with Crippen LogP contribution in [0.25, 0.3) is 0 Å². The van der Waals surface area contributed by atoms with Gasteiger partial charge in [-0.05, 0) is 48.5 Å². The molecule has 0 bridgehead atoms. The van der Waals surface area contributed by atoms with Gasteiger partial charge < -0.3 is 4.57 Å². The van der Waals surface area contributed by atoms with Gasteiger partial charge in [0.05, 0.1) is 9.79 Å². The van der Waals surface area contributed by atoms with Gasteiger partial charge in [-0.15, -0.1) is 0 Å². The van der Waals surface area contributed by atoms with Crippen LogP contribution in [0.2, 0.25) is 0 Å². The van der Waals surface area contributed by atoms with Crippen molar-refractivity contribution in [2.75, 3.05) is 11.0 Å². The molecule has 0 unspecified atom stereocenters. The van der Waals surface area contributed by atoms with E-state index >= 15 is 0 Å². The number of sulfonamides is 1. The van der Waals surface area contributed by atoms with Crippen LogP contribution in [0.1, 0.15) is 0 Å². The minimum atomic E-state index is -3.81. The van der Waals surface area contributed by atoms with E-state index in [2.05, 4.69) is 9.71 Å². The molecular weight excluding hydrogens is 406 g/mol. The van der Waals surface area contributed by atoms with E-state index in [1.54, 1.807) is 30.5 Å². The number of benzene rings is 2. The minimum Gasteiger partial charge on any atom is -0.329 e. The lowest BCUT2D eigenvalue weighted by Crippen LogP contribution is -2.13. The second-order valence-corrected chi connectivity index (χ2v) is 10.5. The summed E-state index contributed by atoms with van der Waals surface area (Å²) in [6.07, 6.45) is 4.62. The van der Waals surface area contributed by atoms with E-state index in [4.69, 9.17) is 0 Å². The third kappa shape index (κ3) is 4.71. The lowest BCUT2D eigenvalue weighted by molar-refractivity contribution is 0.597. The summed E-state index contributed by atoms with van der Waals surface area (Å²) in [6, 6.07) is 12.0. The maximum Gasteiger partial charge on any atom is 0.261 e. The Bertz CT molecular complexity index is 1150. The molecule has 1 aromatic heterocycles. The minimum absolute atomic E-state index is 0.0126. The van der Waals surface area contributed by atoms with Crippen LogP contribution >= 0.6 is 11.8 Å². The van der Waals surface area contributed by atoms with Crippen molar-refractivity contribution in [1.82, 2.24) is 9.55 Å². The maximum atomic E-state index is 12.5. The molecule has 0 spiro atoms. The number of hydrogen-bond acceptors (Lipinski definition) is 6. The molecule has 10 heteroatoms. The van der Waals surface area contributed by atoms with Gasteiger partial charge in [0.2, 0.25) is 0 Å². The molecule has 0 fully saturated rings. The van der Waals surface area contributed by atoms with Gasteiger partial charge in [0.25, 0.3) is 10.0 Å². The SMILES string of the molecule is Cn1ccnc1Sc1ccc(NS(=O)(=O)c2ccc(S(C)(=O)=O)cc2)cc1. The highest BCUT2D eigenvalue weighted by atomic mass is 32.2. The highest BCUT2D eigenvalue weighted by Gasteiger charge is 2.16. The molecule has 0 aliphatic rings. The van der Waals surface area contributed by atoms with Crippen molar-refractivity contribution in [3.8, 4) is 0 Å². The van der Waals surface area contributed by atoms with Crippen molar-refractivity contribution < 1.29 is 16.8 Å². The van der Waals surface area contributed by atoms with Crippen LogP contribution in [0.5, 0.6) is 0 Å². The number of nitrogens with zero attached hydrogens (tertiary/aromatic N) is 2. The zero-order valence-electron chi connectivity index (χ0n) is 14.5. The number of hydrogen-bond donors (Lipinski definition) is 1. The zero-order valence-corrected chi connectivity index (χ0v) is 17.0. The van der Waals surface area contributed by atoms with Crippen molar-refractivity contribution >= 4 is 37.3 Å². The third-order valence-corrected chi connectivity index (χ3v) is 7.26. The van der Waals surface area contributed by atoms with Gasteiger partial charge in [-0.25, -0.2) is 21.8 Å². The van der Waals surface area contributed by atoms with Crippen molar-refractivity contribution in [1.29, 1.82) is 0 Å². The van der Waals surface area contributed by atoms with Gasteiger partial charge in [-0.3, -0.25) is 4.72 Å². The van der Waals surface area contributed by atoms with E-state index in [0.717, 1.165) is 16.3 Å². The third-order valence-electron chi connectivity index (χ3n) is 3.65. The zero-order chi connectivity index (χ0) is 19.7. The molecule has 3 aromatic rings. The van der Waals surface area contributed by atoms with Crippen LogP contribution in [0.4, 0.5) is 5.69 Å². The van der Waals surface area contributed by atoms with E-state index < -0.39 is 19.9 Å². The summed E-state index contributed by atoms with van der Waals surface area (Å²) in [6.45, 7) is 0. The Morgan fingerprint density at radius 2 is 1.52 bits per heavy atom. The summed E-state index contributed by atoms with van der Waals surface area (Å²) in [5.74, 6) is 0. The van der Waals surface area contributed by atoms with Gasteiger partial charge in [-0.2, -0.15) is 0 Å². The van der Waals surface area contributed by atoms with Crippen molar-refractivity contribution in [3.63, 3.8) is 0 Å². The van der Waals surface area contributed by atoms with Gasteiger partial charge in [-0.1, -0.05) is 11.8 Å². The second kappa shape index (κ2) is 7.37. The first-order valence-corrected chi connectivity index (χ1v) is 11.9. The quantitative estimate of drug-likeness (QED) is 0.655. The summed E-state index contributed by atoms with van der Waals surface area (Å²) >= 11 is 1.47. The Kier molecular flexibility index (Phi) is 5.31. The highest BCUT2D eigenvalue weighted by molar-refractivity contribution is 7.99. The van der Waals surface area contributed by atoms with Crippen LogP contribution in [-0.2, 0) is 26.9 Å². The monoisotopic (exact) mass is 423 g/mol. The van der Waals surface area contributed by atoms with Crippen molar-refractivity contribution in [2.45, 2.75) is 19.8 Å². The normalized spacial score (nSPS) is 12.1. The first-order chi connectivity index (χ1) is 12.6. The summed E-state index contributed by atoms with van der Waals surface area (Å²) in [4.78, 5) is 5.20. The molecule has 0 aliphatic carbocycles. The second-order valence-electron chi connectivity index (χ2n) is 5.80. The Hall–Kier alpha value is -2.30. The van der Waals surface area contributed by atoms with Crippen molar-refractivity contribution in [3.05, 3.63) is 60.9 Å². The number of imidazole rings is 1. The van der Waals surface area contributed by atoms with E-state index in [9.17, 15) is 16.8 Å². The Morgan fingerprint density at radius 1 is 0.926 bits per heavy atom. The predicted octanol–water partition coefficient (Wildman–Crippen LogP) is 2.78. The average molecular weight is 424 g/mol. The van der Waals surface area contributed by atoms with Crippen LogP contribution in [0.3, 0.4) is 0 Å². The molecule has 142 valence electrons. The van der Waals surface area contributed by atoms with E-state index in [-0.39, 0.29) is 9.79 Å². The topological polar surface area (TPSA) is 98.1 Å². The molecule has 0 saturated carbocycles. The summed E-state index contributed by atoms with van der Waals surface area (Å²) in [5.41, 5.74) is 0.409. The fourth-order valence-corrected chi connectivity index (χ4v) is 4.72. The van der Waals surface area contributed by atoms with E-state index in [0.29, 0.717) is 5.69 Å². The van der Waals surface area contributed by atoms with Crippen LogP contribution < -0.4 is 4.72 Å². The van der Waals surface area contributed by atoms with E-state index in [1.807, 2.05) is 17.8 Å². The van der Waals surface area contributed by atoms with E-state index in [1.165, 1.54) is 36.0 Å². The highest BCUT2D eigenvalue weighted by Crippen LogP contribution is 2.27. The van der Waals surface area contributed by atoms with Gasteiger partial charge >= 0.3 is 0 Å². The number of aromatic nitrogens is 2. The lowest BCUT2D eigenvalue weighted by Gasteiger charge is -2.09. The van der Waals surface area contributed by atoms with Gasteiger partial charge in [0.1, 0.15) is 0 Å². The molecule has 1 heterocycles. The average Bonchev–Trinajstić information content (AvgIpc) is 3.01. The predicted molar refractivity (Wildman–Crippen MR) is 104 cm³/mol. The molecule has 2 aromatic carbocycles. The molecule has 0 aliphatic heterocycles. The first-order valence-electron chi connectivity index (χ1n) is 7.73. The molecule has 0 saturated heterocycles. The summed E-state index contributed by atoms with van der Waals surface area (Å²) < 4.78 is 52.3. The number of nitrogens with one attached hydrogen (secondary N) is 1. The molecule has 0 atom stereocenters. The number of rotatable bonds is 6. The smallest absolute Gasteiger partial charge is 0.261 e. The number of anilines is 1. The van der Waals surface area contributed by atoms with Crippen LogP contribution in [0, 0.1) is 0 Å². The molecule has 0 radical (unpaired) electrons. The molecule has 7 nitrogen and oxygen atoms in total. The molecule has 1 N–H and O–H groups in total. The Balaban J connectivity index is 1.75. The maximum absolute atomic E-state index is 12.5. The van der Waals surface area contributed by atoms with Crippen LogP contribution in [-0.4, -0.2) is 32.6 Å². The molecule has 3 rings (SSSR count). The lowest BCUT2D eigenvalue weighted by atomic mass is 10.3. The first kappa shape index (κ1) is 19.5. The molecular formula is C17H17N3O4S3. The number of aryl methyl sites for hydroxylation is 1. The summed E-state index contributed by atoms with van der Waals surface area (Å²) in [5, 5.41) is 0.828. The van der Waals surface area contributed by atoms with Crippen molar-refractivity contribution in [2.24, 2.45) is 7.05 Å². The van der Waals surface area contributed by atoms with Crippen LogP contribution in [0.15, 0.2) is 80.8 Å². The van der Waals surface area contributed by atoms with Gasteiger partial charge in [0.15, 0.2) is 15.0 Å².